The van der Waals surface area contributed by atoms with Gasteiger partial charge in [-0.05, 0) is 49.2 Å². The van der Waals surface area contributed by atoms with Crippen LogP contribution in [0.1, 0.15) is 32.0 Å². The maximum atomic E-state index is 13.0. The molecule has 8 nitrogen and oxygen atoms in total. The summed E-state index contributed by atoms with van der Waals surface area (Å²) in [5.41, 5.74) is 4.85. The summed E-state index contributed by atoms with van der Waals surface area (Å²) in [7, 11) is 0. The lowest BCUT2D eigenvalue weighted by Crippen LogP contribution is -2.41. The molecular formula is C27H22N6O2S. The van der Waals surface area contributed by atoms with E-state index >= 15 is 0 Å². The third-order valence-corrected chi connectivity index (χ3v) is 7.26. The van der Waals surface area contributed by atoms with E-state index in [1.165, 1.54) is 16.2 Å². The van der Waals surface area contributed by atoms with E-state index in [0.29, 0.717) is 22.7 Å². The van der Waals surface area contributed by atoms with Crippen molar-refractivity contribution < 1.29 is 9.59 Å². The van der Waals surface area contributed by atoms with E-state index in [-0.39, 0.29) is 24.4 Å². The lowest BCUT2D eigenvalue weighted by atomic mass is 10.1. The minimum atomic E-state index is -0.266. The van der Waals surface area contributed by atoms with Gasteiger partial charge in [0.05, 0.1) is 28.4 Å². The zero-order valence-electron chi connectivity index (χ0n) is 19.4. The molecule has 0 spiro atoms. The Morgan fingerprint density at radius 1 is 0.944 bits per heavy atom. The van der Waals surface area contributed by atoms with Gasteiger partial charge in [0, 0.05) is 17.5 Å². The summed E-state index contributed by atoms with van der Waals surface area (Å²) in [6.45, 7) is 2.18. The average Bonchev–Trinajstić information content (AvgIpc) is 3.58. The number of benzene rings is 3. The number of aromatic nitrogens is 4. The Kier molecular flexibility index (Phi) is 5.54. The fourth-order valence-electron chi connectivity index (χ4n) is 4.54. The Labute approximate surface area is 211 Å². The molecule has 5 aromatic rings. The largest absolute Gasteiger partial charge is 0.355 e. The van der Waals surface area contributed by atoms with Crippen molar-refractivity contribution in [1.29, 1.82) is 0 Å². The van der Waals surface area contributed by atoms with Crippen LogP contribution in [0.2, 0.25) is 0 Å². The molecule has 3 aromatic carbocycles. The summed E-state index contributed by atoms with van der Waals surface area (Å²) < 4.78 is 0. The molecule has 0 aliphatic carbocycles. The van der Waals surface area contributed by atoms with Crippen molar-refractivity contribution in [2.75, 3.05) is 11.9 Å². The van der Waals surface area contributed by atoms with Gasteiger partial charge in [-0.1, -0.05) is 53.8 Å². The third-order valence-electron chi connectivity index (χ3n) is 6.36. The maximum Gasteiger partial charge on any atom is 0.261 e. The summed E-state index contributed by atoms with van der Waals surface area (Å²) in [4.78, 5) is 27.3. The van der Waals surface area contributed by atoms with E-state index in [0.717, 1.165) is 32.7 Å². The van der Waals surface area contributed by atoms with Crippen LogP contribution >= 0.6 is 11.3 Å². The van der Waals surface area contributed by atoms with Crippen LogP contribution in [0, 0.1) is 6.92 Å². The van der Waals surface area contributed by atoms with Crippen molar-refractivity contribution in [3.8, 4) is 10.6 Å². The van der Waals surface area contributed by atoms with Crippen molar-refractivity contribution >= 4 is 39.2 Å². The van der Waals surface area contributed by atoms with E-state index in [9.17, 15) is 9.59 Å². The quantitative estimate of drug-likeness (QED) is 0.318. The molecule has 2 N–H and O–H groups in total. The number of imide groups is 1. The number of hydrogen-bond acceptors (Lipinski definition) is 7. The normalized spacial score (nSPS) is 13.9. The average molecular weight is 495 g/mol. The number of carbonyl (C=O) groups excluding carboxylic acids is 2. The molecular weight excluding hydrogens is 472 g/mol. The molecule has 9 heteroatoms. The van der Waals surface area contributed by atoms with Gasteiger partial charge in [-0.2, -0.15) is 5.10 Å². The van der Waals surface area contributed by atoms with Crippen LogP contribution in [0.3, 0.4) is 0 Å². The van der Waals surface area contributed by atoms with E-state index in [4.69, 9.17) is 0 Å². The number of rotatable bonds is 7. The summed E-state index contributed by atoms with van der Waals surface area (Å²) >= 11 is 1.44. The Bertz CT molecular complexity index is 1560. The van der Waals surface area contributed by atoms with Crippen LogP contribution < -0.4 is 5.32 Å². The standard InChI is InChI=1S/C27H22N6O2S/c1-16-22-14-18(11-12-23(22)30-29-16)24-31-32-27(36-24)28-19(13-17-7-3-2-4-8-17)15-33-25(34)20-9-5-6-10-21(20)26(33)35/h2-12,14,19H,13,15H2,1H3,(H,28,32)(H,29,30)/t19-/m1/s1. The predicted molar refractivity (Wildman–Crippen MR) is 139 cm³/mol. The number of carbonyl (C=O) groups is 2. The van der Waals surface area contributed by atoms with Gasteiger partial charge in [-0.25, -0.2) is 0 Å². The molecule has 0 unspecified atom stereocenters. The highest BCUT2D eigenvalue weighted by atomic mass is 32.1. The first-order valence-electron chi connectivity index (χ1n) is 11.6. The topological polar surface area (TPSA) is 104 Å². The van der Waals surface area contributed by atoms with Gasteiger partial charge in [-0.15, -0.1) is 10.2 Å². The minimum absolute atomic E-state index is 0.219. The lowest BCUT2D eigenvalue weighted by molar-refractivity contribution is 0.0647. The summed E-state index contributed by atoms with van der Waals surface area (Å²) in [5, 5.41) is 21.9. The highest BCUT2D eigenvalue weighted by Gasteiger charge is 2.36. The fourth-order valence-corrected chi connectivity index (χ4v) is 5.35. The summed E-state index contributed by atoms with van der Waals surface area (Å²) in [6, 6.07) is 22.7. The van der Waals surface area contributed by atoms with Crippen LogP contribution in [0.15, 0.2) is 72.8 Å². The molecule has 1 atom stereocenters. The van der Waals surface area contributed by atoms with Crippen molar-refractivity contribution in [2.24, 2.45) is 0 Å². The predicted octanol–water partition coefficient (Wildman–Crippen LogP) is 4.71. The Morgan fingerprint density at radius 3 is 2.42 bits per heavy atom. The first-order chi connectivity index (χ1) is 17.6. The van der Waals surface area contributed by atoms with Gasteiger partial charge in [-0.3, -0.25) is 19.6 Å². The smallest absolute Gasteiger partial charge is 0.261 e. The molecule has 0 radical (unpaired) electrons. The number of hydrogen-bond donors (Lipinski definition) is 2. The Hall–Kier alpha value is -4.37. The monoisotopic (exact) mass is 494 g/mol. The second-order valence-corrected chi connectivity index (χ2v) is 9.76. The Morgan fingerprint density at radius 2 is 1.67 bits per heavy atom. The van der Waals surface area contributed by atoms with Crippen molar-refractivity contribution in [2.45, 2.75) is 19.4 Å². The third kappa shape index (κ3) is 4.03. The number of amides is 2. The highest BCUT2D eigenvalue weighted by molar-refractivity contribution is 7.18. The molecule has 3 heterocycles. The van der Waals surface area contributed by atoms with Gasteiger partial charge in [0.25, 0.3) is 11.8 Å². The van der Waals surface area contributed by atoms with Crippen LogP contribution in [0.4, 0.5) is 5.13 Å². The van der Waals surface area contributed by atoms with Gasteiger partial charge >= 0.3 is 0 Å². The van der Waals surface area contributed by atoms with Crippen molar-refractivity contribution in [1.82, 2.24) is 25.3 Å². The molecule has 0 saturated heterocycles. The lowest BCUT2D eigenvalue weighted by Gasteiger charge is -2.23. The number of nitrogens with one attached hydrogen (secondary N) is 2. The molecule has 0 fully saturated rings. The molecule has 1 aliphatic rings. The number of H-pyrrole nitrogens is 1. The molecule has 6 rings (SSSR count). The molecule has 0 saturated carbocycles. The van der Waals surface area contributed by atoms with Gasteiger partial charge in [0.1, 0.15) is 5.01 Å². The number of anilines is 1. The van der Waals surface area contributed by atoms with Crippen LogP contribution in [-0.4, -0.2) is 49.7 Å². The minimum Gasteiger partial charge on any atom is -0.355 e. The van der Waals surface area contributed by atoms with Crippen molar-refractivity contribution in [3.05, 3.63) is 95.2 Å². The molecule has 2 aromatic heterocycles. The highest BCUT2D eigenvalue weighted by Crippen LogP contribution is 2.30. The van der Waals surface area contributed by atoms with Gasteiger partial charge in [0.2, 0.25) is 5.13 Å². The van der Waals surface area contributed by atoms with E-state index < -0.39 is 0 Å². The van der Waals surface area contributed by atoms with E-state index in [1.807, 2.05) is 49.4 Å². The number of aromatic amines is 1. The van der Waals surface area contributed by atoms with Crippen LogP contribution in [-0.2, 0) is 6.42 Å². The maximum absolute atomic E-state index is 13.0. The van der Waals surface area contributed by atoms with Gasteiger partial charge < -0.3 is 5.32 Å². The first-order valence-corrected chi connectivity index (χ1v) is 12.4. The molecule has 1 aliphatic heterocycles. The molecule has 36 heavy (non-hydrogen) atoms. The van der Waals surface area contributed by atoms with E-state index in [2.05, 4.69) is 31.8 Å². The summed E-state index contributed by atoms with van der Waals surface area (Å²) in [5.74, 6) is -0.533. The molecule has 178 valence electrons. The van der Waals surface area contributed by atoms with Crippen LogP contribution in [0.25, 0.3) is 21.5 Å². The zero-order chi connectivity index (χ0) is 24.6. The summed E-state index contributed by atoms with van der Waals surface area (Å²) in [6.07, 6.45) is 0.614. The number of fused-ring (bicyclic) bond motifs is 2. The second kappa shape index (κ2) is 9.01. The SMILES string of the molecule is Cc1n[nH]c2ccc(-c3nnc(N[C@H](Cc4ccccc4)CN4C(=O)c5ccccc5C4=O)s3)cc12. The molecule has 0 bridgehead atoms. The second-order valence-electron chi connectivity index (χ2n) is 8.78. The fraction of sp³-hybridized carbons (Fsp3) is 0.148. The number of nitrogens with zero attached hydrogens (tertiary/aromatic N) is 4. The molecule has 2 amide bonds. The zero-order valence-corrected chi connectivity index (χ0v) is 20.2. The van der Waals surface area contributed by atoms with Crippen LogP contribution in [0.5, 0.6) is 0 Å². The van der Waals surface area contributed by atoms with Crippen molar-refractivity contribution in [3.63, 3.8) is 0 Å². The first kappa shape index (κ1) is 22.1. The van der Waals surface area contributed by atoms with E-state index in [1.54, 1.807) is 24.3 Å². The Balaban J connectivity index is 1.26. The number of aryl methyl sites for hydroxylation is 1. The van der Waals surface area contributed by atoms with Gasteiger partial charge in [0.15, 0.2) is 0 Å².